The number of ether oxygens (including phenoxy) is 2. The van der Waals surface area contributed by atoms with Gasteiger partial charge in [-0.25, -0.2) is 4.98 Å². The van der Waals surface area contributed by atoms with Crippen molar-refractivity contribution in [1.82, 2.24) is 14.9 Å². The number of nitrogens with zero attached hydrogens (tertiary/aromatic N) is 4. The molecule has 1 fully saturated rings. The van der Waals surface area contributed by atoms with E-state index in [0.717, 1.165) is 43.8 Å². The molecule has 160 valence electrons. The maximum atomic E-state index is 8.93. The van der Waals surface area contributed by atoms with Crippen molar-refractivity contribution in [3.8, 4) is 17.6 Å². The first-order valence-electron chi connectivity index (χ1n) is 10.1. The third-order valence-corrected chi connectivity index (χ3v) is 5.38. The third-order valence-electron chi connectivity index (χ3n) is 4.95. The number of halogens is 1. The third kappa shape index (κ3) is 5.43. The zero-order chi connectivity index (χ0) is 21.5. The Morgan fingerprint density at radius 3 is 2.63 bits per heavy atom. The molecule has 1 aliphatic rings. The van der Waals surface area contributed by atoms with Crippen molar-refractivity contribution in [3.63, 3.8) is 0 Å². The molecule has 2 aromatic rings. The topological polar surface area (TPSA) is 109 Å². The number of nitriles is 1. The summed E-state index contributed by atoms with van der Waals surface area (Å²) in [5, 5.41) is 12.9. The van der Waals surface area contributed by atoms with Crippen LogP contribution in [-0.4, -0.2) is 47.2 Å². The minimum Gasteiger partial charge on any atom is -0.494 e. The second kappa shape index (κ2) is 10.3. The van der Waals surface area contributed by atoms with Crippen LogP contribution < -0.4 is 20.5 Å². The van der Waals surface area contributed by atoms with Crippen LogP contribution in [0, 0.1) is 11.3 Å². The molecule has 9 heteroatoms. The van der Waals surface area contributed by atoms with Crippen molar-refractivity contribution in [3.05, 3.63) is 34.5 Å². The lowest BCUT2D eigenvalue weighted by molar-refractivity contribution is 0.210. The fourth-order valence-electron chi connectivity index (χ4n) is 3.46. The monoisotopic (exact) mass is 430 g/mol. The van der Waals surface area contributed by atoms with Crippen LogP contribution in [0.3, 0.4) is 0 Å². The van der Waals surface area contributed by atoms with Crippen LogP contribution in [0.4, 0.5) is 11.8 Å². The van der Waals surface area contributed by atoms with Crippen LogP contribution >= 0.6 is 11.6 Å². The molecule has 2 heterocycles. The first-order chi connectivity index (χ1) is 14.5. The van der Waals surface area contributed by atoms with Crippen molar-refractivity contribution < 1.29 is 9.47 Å². The number of aromatic nitrogens is 2. The number of nitrogens with one attached hydrogen (secondary N) is 1. The molecule has 0 bridgehead atoms. The van der Waals surface area contributed by atoms with E-state index in [2.05, 4.69) is 20.2 Å². The molecule has 0 saturated carbocycles. The summed E-state index contributed by atoms with van der Waals surface area (Å²) in [5.41, 5.74) is 7.06. The number of rotatable bonds is 8. The molecule has 0 aliphatic carbocycles. The first-order valence-corrected chi connectivity index (χ1v) is 10.5. The molecule has 3 N–H and O–H groups in total. The number of nitrogen functional groups attached to an aromatic ring is 1. The Labute approximate surface area is 182 Å². The van der Waals surface area contributed by atoms with Gasteiger partial charge in [0.25, 0.3) is 0 Å². The van der Waals surface area contributed by atoms with E-state index in [1.807, 2.05) is 32.0 Å². The van der Waals surface area contributed by atoms with Gasteiger partial charge in [-0.3, -0.25) is 4.90 Å². The Balaban J connectivity index is 1.60. The molecule has 1 aliphatic heterocycles. The molecular formula is C21H27ClN6O2. The van der Waals surface area contributed by atoms with Crippen molar-refractivity contribution in [2.75, 3.05) is 37.4 Å². The maximum absolute atomic E-state index is 8.93. The first kappa shape index (κ1) is 21.9. The summed E-state index contributed by atoms with van der Waals surface area (Å²) in [6.45, 7) is 7.57. The van der Waals surface area contributed by atoms with E-state index in [4.69, 9.17) is 32.1 Å². The normalized spacial score (nSPS) is 14.9. The SMILES string of the molecule is CCOc1cc(CN2CCC(Nc3ncc(C#N)c(N)n3)CC2)c(Cl)c(OCC)c1. The van der Waals surface area contributed by atoms with Crippen LogP contribution in [0.15, 0.2) is 18.3 Å². The van der Waals surface area contributed by atoms with Gasteiger partial charge in [-0.15, -0.1) is 0 Å². The smallest absolute Gasteiger partial charge is 0.224 e. The van der Waals surface area contributed by atoms with Crippen molar-refractivity contribution in [2.45, 2.75) is 39.3 Å². The highest BCUT2D eigenvalue weighted by Crippen LogP contribution is 2.34. The molecule has 1 aromatic heterocycles. The minimum absolute atomic E-state index is 0.196. The summed E-state index contributed by atoms with van der Waals surface area (Å²) in [6, 6.07) is 6.06. The Hall–Kier alpha value is -2.76. The van der Waals surface area contributed by atoms with E-state index < -0.39 is 0 Å². The van der Waals surface area contributed by atoms with Gasteiger partial charge in [0.05, 0.1) is 24.4 Å². The van der Waals surface area contributed by atoms with Gasteiger partial charge in [0.15, 0.2) is 0 Å². The Morgan fingerprint density at radius 2 is 2.00 bits per heavy atom. The maximum Gasteiger partial charge on any atom is 0.224 e. The highest BCUT2D eigenvalue weighted by molar-refractivity contribution is 6.32. The summed E-state index contributed by atoms with van der Waals surface area (Å²) >= 11 is 6.58. The zero-order valence-corrected chi connectivity index (χ0v) is 18.1. The quantitative estimate of drug-likeness (QED) is 0.655. The van der Waals surface area contributed by atoms with Gasteiger partial charge in [0.2, 0.25) is 5.95 Å². The van der Waals surface area contributed by atoms with E-state index >= 15 is 0 Å². The fourth-order valence-corrected chi connectivity index (χ4v) is 3.69. The van der Waals surface area contributed by atoms with Gasteiger partial charge in [0, 0.05) is 31.7 Å². The van der Waals surface area contributed by atoms with Gasteiger partial charge in [-0.05, 0) is 38.3 Å². The molecule has 8 nitrogen and oxygen atoms in total. The number of hydrogen-bond acceptors (Lipinski definition) is 8. The lowest BCUT2D eigenvalue weighted by atomic mass is 10.0. The summed E-state index contributed by atoms with van der Waals surface area (Å²) in [5.74, 6) is 2.08. The predicted octanol–water partition coefficient (Wildman–Crippen LogP) is 3.46. The summed E-state index contributed by atoms with van der Waals surface area (Å²) in [6.07, 6.45) is 3.32. The van der Waals surface area contributed by atoms with Crippen LogP contribution in [0.5, 0.6) is 11.5 Å². The molecule has 1 aromatic carbocycles. The second-order valence-electron chi connectivity index (χ2n) is 7.06. The summed E-state index contributed by atoms with van der Waals surface area (Å²) in [4.78, 5) is 10.7. The lowest BCUT2D eigenvalue weighted by Crippen LogP contribution is -2.39. The zero-order valence-electron chi connectivity index (χ0n) is 17.3. The van der Waals surface area contributed by atoms with Gasteiger partial charge in [-0.2, -0.15) is 10.2 Å². The molecule has 1 saturated heterocycles. The highest BCUT2D eigenvalue weighted by Gasteiger charge is 2.22. The number of anilines is 2. The number of nitrogens with two attached hydrogens (primary N) is 1. The number of piperidine rings is 1. The standard InChI is InChI=1S/C21H27ClN6O2/c1-3-29-17-9-14(19(22)18(10-17)30-4-2)13-28-7-5-16(6-8-28)26-21-25-12-15(11-23)20(24)27-21/h9-10,12,16H,3-8,13H2,1-2H3,(H3,24,25,26,27). The molecule has 30 heavy (non-hydrogen) atoms. The van der Waals surface area contributed by atoms with Gasteiger partial charge >= 0.3 is 0 Å². The van der Waals surface area contributed by atoms with E-state index in [-0.39, 0.29) is 17.4 Å². The Kier molecular flexibility index (Phi) is 7.55. The van der Waals surface area contributed by atoms with Crippen LogP contribution in [0.2, 0.25) is 5.02 Å². The van der Waals surface area contributed by atoms with E-state index in [9.17, 15) is 0 Å². The molecular weight excluding hydrogens is 404 g/mol. The largest absolute Gasteiger partial charge is 0.494 e. The van der Waals surface area contributed by atoms with Gasteiger partial charge in [0.1, 0.15) is 28.9 Å². The average molecular weight is 431 g/mol. The number of hydrogen-bond donors (Lipinski definition) is 2. The van der Waals surface area contributed by atoms with Crippen LogP contribution in [0.1, 0.15) is 37.8 Å². The second-order valence-corrected chi connectivity index (χ2v) is 7.44. The Morgan fingerprint density at radius 1 is 1.27 bits per heavy atom. The van der Waals surface area contributed by atoms with E-state index in [0.29, 0.717) is 29.9 Å². The molecule has 0 unspecified atom stereocenters. The van der Waals surface area contributed by atoms with E-state index in [1.165, 1.54) is 6.20 Å². The van der Waals surface area contributed by atoms with Gasteiger partial charge < -0.3 is 20.5 Å². The summed E-state index contributed by atoms with van der Waals surface area (Å²) in [7, 11) is 0. The van der Waals surface area contributed by atoms with E-state index in [1.54, 1.807) is 0 Å². The highest BCUT2D eigenvalue weighted by atomic mass is 35.5. The lowest BCUT2D eigenvalue weighted by Gasteiger charge is -2.32. The number of benzene rings is 1. The predicted molar refractivity (Wildman–Crippen MR) is 117 cm³/mol. The van der Waals surface area contributed by atoms with Crippen LogP contribution in [0.25, 0.3) is 0 Å². The van der Waals surface area contributed by atoms with Gasteiger partial charge in [-0.1, -0.05) is 11.6 Å². The molecule has 0 radical (unpaired) electrons. The average Bonchev–Trinajstić information content (AvgIpc) is 2.73. The fraction of sp³-hybridized carbons (Fsp3) is 0.476. The number of likely N-dealkylation sites (tertiary alicyclic amines) is 1. The Bertz CT molecular complexity index is 909. The van der Waals surface area contributed by atoms with Crippen LogP contribution in [-0.2, 0) is 6.54 Å². The molecule has 3 rings (SSSR count). The summed E-state index contributed by atoms with van der Waals surface area (Å²) < 4.78 is 11.4. The molecule has 0 spiro atoms. The van der Waals surface area contributed by atoms with Crippen molar-refractivity contribution >= 4 is 23.4 Å². The van der Waals surface area contributed by atoms with Crippen molar-refractivity contribution in [2.24, 2.45) is 0 Å². The molecule has 0 atom stereocenters. The van der Waals surface area contributed by atoms with Crippen molar-refractivity contribution in [1.29, 1.82) is 5.26 Å². The minimum atomic E-state index is 0.196. The molecule has 0 amide bonds.